The van der Waals surface area contributed by atoms with E-state index in [9.17, 15) is 9.59 Å². The second-order valence-electron chi connectivity index (χ2n) is 4.68. The summed E-state index contributed by atoms with van der Waals surface area (Å²) < 4.78 is 15.2. The number of methoxy groups -OCH3 is 2. The molecule has 0 saturated heterocycles. The quantitative estimate of drug-likeness (QED) is 0.792. The smallest absolute Gasteiger partial charge is 0.338 e. The zero-order valence-corrected chi connectivity index (χ0v) is 13.3. The zero-order valence-electron chi connectivity index (χ0n) is 13.3. The molecule has 0 unspecified atom stereocenters. The summed E-state index contributed by atoms with van der Waals surface area (Å²) in [7, 11) is 2.84. The first-order valence-electron chi connectivity index (χ1n) is 7.15. The van der Waals surface area contributed by atoms with Gasteiger partial charge in [0.2, 0.25) is 0 Å². The van der Waals surface area contributed by atoms with Gasteiger partial charge in [-0.15, -0.1) is 0 Å². The second-order valence-corrected chi connectivity index (χ2v) is 4.68. The Bertz CT molecular complexity index is 721. The summed E-state index contributed by atoms with van der Waals surface area (Å²) in [5, 5.41) is 0. The molecule has 0 saturated carbocycles. The molecule has 0 aromatic heterocycles. The van der Waals surface area contributed by atoms with Crippen LogP contribution >= 0.6 is 0 Å². The van der Waals surface area contributed by atoms with E-state index in [1.165, 1.54) is 14.2 Å². The van der Waals surface area contributed by atoms with Crippen molar-refractivity contribution in [1.82, 2.24) is 0 Å². The molecule has 120 valence electrons. The number of esters is 2. The number of hydrogen-bond acceptors (Lipinski definition) is 5. The first kappa shape index (κ1) is 16.5. The minimum absolute atomic E-state index is 0.297. The van der Waals surface area contributed by atoms with Gasteiger partial charge in [0, 0.05) is 5.56 Å². The average molecular weight is 314 g/mol. The first-order chi connectivity index (χ1) is 11.1. The highest BCUT2D eigenvalue weighted by molar-refractivity contribution is 6.00. The van der Waals surface area contributed by atoms with Crippen LogP contribution in [0.3, 0.4) is 0 Å². The van der Waals surface area contributed by atoms with Crippen LogP contribution in [0, 0.1) is 0 Å². The Morgan fingerprint density at radius 1 is 1.00 bits per heavy atom. The van der Waals surface area contributed by atoms with Gasteiger partial charge in [0.1, 0.15) is 5.75 Å². The summed E-state index contributed by atoms with van der Waals surface area (Å²) in [6, 6.07) is 12.0. The van der Waals surface area contributed by atoms with Crippen molar-refractivity contribution in [2.75, 3.05) is 20.8 Å². The molecule has 0 bridgehead atoms. The fraction of sp³-hybridized carbons (Fsp3) is 0.222. The third-order valence-electron chi connectivity index (χ3n) is 3.31. The fourth-order valence-electron chi connectivity index (χ4n) is 2.30. The van der Waals surface area contributed by atoms with Crippen LogP contribution in [0.2, 0.25) is 0 Å². The first-order valence-corrected chi connectivity index (χ1v) is 7.15. The molecule has 5 nitrogen and oxygen atoms in total. The van der Waals surface area contributed by atoms with Gasteiger partial charge in [-0.2, -0.15) is 0 Å². The second kappa shape index (κ2) is 7.45. The number of carbonyl (C=O) groups excluding carboxylic acids is 2. The standard InChI is InChI=1S/C18H18O5/c1-4-23-17(19)13-8-5-7-12(11-13)16-14(18(20)22-3)9-6-10-15(16)21-2/h5-11H,4H2,1-3H3. The summed E-state index contributed by atoms with van der Waals surface area (Å²) >= 11 is 0. The Labute approximate surface area is 134 Å². The molecule has 0 atom stereocenters. The molecule has 5 heteroatoms. The van der Waals surface area contributed by atoms with Gasteiger partial charge in [-0.05, 0) is 36.8 Å². The third kappa shape index (κ3) is 3.51. The number of benzene rings is 2. The molecule has 23 heavy (non-hydrogen) atoms. The van der Waals surface area contributed by atoms with E-state index < -0.39 is 11.9 Å². The van der Waals surface area contributed by atoms with Gasteiger partial charge in [0.25, 0.3) is 0 Å². The summed E-state index contributed by atoms with van der Waals surface area (Å²) in [5.41, 5.74) is 2.03. The van der Waals surface area contributed by atoms with Gasteiger partial charge >= 0.3 is 11.9 Å². The van der Waals surface area contributed by atoms with E-state index in [0.29, 0.717) is 34.6 Å². The largest absolute Gasteiger partial charge is 0.496 e. The van der Waals surface area contributed by atoms with Crippen LogP contribution in [0.4, 0.5) is 0 Å². The Kier molecular flexibility index (Phi) is 5.36. The van der Waals surface area contributed by atoms with E-state index in [1.807, 2.05) is 0 Å². The van der Waals surface area contributed by atoms with E-state index in [4.69, 9.17) is 14.2 Å². The van der Waals surface area contributed by atoms with Crippen molar-refractivity contribution >= 4 is 11.9 Å². The minimum atomic E-state index is -0.472. The maximum absolute atomic E-state index is 12.0. The van der Waals surface area contributed by atoms with Crippen LogP contribution in [0.1, 0.15) is 27.6 Å². The number of rotatable bonds is 5. The van der Waals surface area contributed by atoms with Crippen molar-refractivity contribution in [3.05, 3.63) is 53.6 Å². The lowest BCUT2D eigenvalue weighted by Crippen LogP contribution is -2.07. The molecule has 0 aliphatic rings. The summed E-state index contributed by atoms with van der Waals surface area (Å²) in [6.45, 7) is 2.04. The lowest BCUT2D eigenvalue weighted by Gasteiger charge is -2.13. The number of carbonyl (C=O) groups is 2. The average Bonchev–Trinajstić information content (AvgIpc) is 2.60. The maximum atomic E-state index is 12.0. The topological polar surface area (TPSA) is 61.8 Å². The van der Waals surface area contributed by atoms with E-state index in [0.717, 1.165) is 0 Å². The van der Waals surface area contributed by atoms with Crippen molar-refractivity contribution in [2.24, 2.45) is 0 Å². The zero-order chi connectivity index (χ0) is 16.8. The van der Waals surface area contributed by atoms with E-state index >= 15 is 0 Å². The predicted molar refractivity (Wildman–Crippen MR) is 85.7 cm³/mol. The van der Waals surface area contributed by atoms with Crippen LogP contribution in [-0.4, -0.2) is 32.8 Å². The SMILES string of the molecule is CCOC(=O)c1cccc(-c2c(OC)cccc2C(=O)OC)c1. The molecule has 2 aromatic rings. The van der Waals surface area contributed by atoms with E-state index in [2.05, 4.69) is 0 Å². The Morgan fingerprint density at radius 2 is 1.74 bits per heavy atom. The van der Waals surface area contributed by atoms with Gasteiger partial charge in [0.05, 0.1) is 32.0 Å². The van der Waals surface area contributed by atoms with Crippen LogP contribution in [-0.2, 0) is 9.47 Å². The predicted octanol–water partition coefficient (Wildman–Crippen LogP) is 3.33. The highest BCUT2D eigenvalue weighted by atomic mass is 16.5. The van der Waals surface area contributed by atoms with Crippen molar-refractivity contribution < 1.29 is 23.8 Å². The number of ether oxygens (including phenoxy) is 3. The Balaban J connectivity index is 2.59. The summed E-state index contributed by atoms with van der Waals surface area (Å²) in [6.07, 6.45) is 0. The molecule has 0 heterocycles. The monoisotopic (exact) mass is 314 g/mol. The van der Waals surface area contributed by atoms with E-state index in [-0.39, 0.29) is 0 Å². The van der Waals surface area contributed by atoms with E-state index in [1.54, 1.807) is 49.4 Å². The summed E-state index contributed by atoms with van der Waals surface area (Å²) in [4.78, 5) is 23.9. The van der Waals surface area contributed by atoms with Gasteiger partial charge in [-0.1, -0.05) is 18.2 Å². The maximum Gasteiger partial charge on any atom is 0.338 e. The molecule has 0 amide bonds. The molecule has 0 aliphatic carbocycles. The van der Waals surface area contributed by atoms with Gasteiger partial charge < -0.3 is 14.2 Å². The van der Waals surface area contributed by atoms with Crippen molar-refractivity contribution in [2.45, 2.75) is 6.92 Å². The van der Waals surface area contributed by atoms with Crippen LogP contribution in [0.25, 0.3) is 11.1 Å². The minimum Gasteiger partial charge on any atom is -0.496 e. The van der Waals surface area contributed by atoms with Crippen molar-refractivity contribution in [3.63, 3.8) is 0 Å². The fourth-order valence-corrected chi connectivity index (χ4v) is 2.30. The van der Waals surface area contributed by atoms with Gasteiger partial charge in [-0.25, -0.2) is 9.59 Å². The van der Waals surface area contributed by atoms with Crippen molar-refractivity contribution in [3.8, 4) is 16.9 Å². The molecular formula is C18H18O5. The molecular weight excluding hydrogens is 296 g/mol. The van der Waals surface area contributed by atoms with Crippen LogP contribution in [0.5, 0.6) is 5.75 Å². The number of hydrogen-bond donors (Lipinski definition) is 0. The molecule has 0 radical (unpaired) electrons. The molecule has 0 aliphatic heterocycles. The molecule has 2 rings (SSSR count). The third-order valence-corrected chi connectivity index (χ3v) is 3.31. The summed E-state index contributed by atoms with van der Waals surface area (Å²) in [5.74, 6) is -0.363. The molecule has 2 aromatic carbocycles. The molecule has 0 N–H and O–H groups in total. The van der Waals surface area contributed by atoms with Gasteiger partial charge in [0.15, 0.2) is 0 Å². The molecule has 0 fully saturated rings. The lowest BCUT2D eigenvalue weighted by atomic mass is 9.97. The highest BCUT2D eigenvalue weighted by Gasteiger charge is 2.19. The van der Waals surface area contributed by atoms with Crippen LogP contribution < -0.4 is 4.74 Å². The van der Waals surface area contributed by atoms with Crippen LogP contribution in [0.15, 0.2) is 42.5 Å². The normalized spacial score (nSPS) is 10.0. The Hall–Kier alpha value is -2.82. The van der Waals surface area contributed by atoms with Crippen molar-refractivity contribution in [1.29, 1.82) is 0 Å². The highest BCUT2D eigenvalue weighted by Crippen LogP contribution is 2.34. The molecule has 0 spiro atoms. The lowest BCUT2D eigenvalue weighted by molar-refractivity contribution is 0.0525. The van der Waals surface area contributed by atoms with Gasteiger partial charge in [-0.3, -0.25) is 0 Å². The Morgan fingerprint density at radius 3 is 2.39 bits per heavy atom.